The fourth-order valence-electron chi connectivity index (χ4n) is 3.00. The molecule has 30 heavy (non-hydrogen) atoms. The van der Waals surface area contributed by atoms with E-state index in [2.05, 4.69) is 0 Å². The number of esters is 2. The molecule has 10 nitrogen and oxygen atoms in total. The highest BCUT2D eigenvalue weighted by Crippen LogP contribution is 2.37. The number of rotatable bonds is 9. The van der Waals surface area contributed by atoms with Gasteiger partial charge in [0, 0.05) is 24.3 Å². The lowest BCUT2D eigenvalue weighted by molar-refractivity contribution is -0.385. The van der Waals surface area contributed by atoms with Gasteiger partial charge >= 0.3 is 11.9 Å². The van der Waals surface area contributed by atoms with Crippen molar-refractivity contribution in [2.75, 3.05) is 13.2 Å². The second-order valence-electron chi connectivity index (χ2n) is 6.16. The van der Waals surface area contributed by atoms with Crippen LogP contribution in [0.1, 0.15) is 36.8 Å². The van der Waals surface area contributed by atoms with Gasteiger partial charge in [-0.1, -0.05) is 24.3 Å². The largest absolute Gasteiger partial charge is 0.465 e. The van der Waals surface area contributed by atoms with Gasteiger partial charge in [0.1, 0.15) is 0 Å². The molecular weight excluding hydrogens is 396 g/mol. The number of benzene rings is 2. The van der Waals surface area contributed by atoms with E-state index < -0.39 is 33.6 Å². The molecule has 10 heteroatoms. The van der Waals surface area contributed by atoms with Crippen LogP contribution in [0.4, 0.5) is 11.4 Å². The maximum Gasteiger partial charge on any atom is 0.314 e. The molecule has 0 aliphatic carbocycles. The Morgan fingerprint density at radius 2 is 1.03 bits per heavy atom. The van der Waals surface area contributed by atoms with Crippen LogP contribution in [0.3, 0.4) is 0 Å². The first-order valence-corrected chi connectivity index (χ1v) is 9.12. The molecule has 0 amide bonds. The lowest BCUT2D eigenvalue weighted by Crippen LogP contribution is -2.29. The molecule has 0 saturated heterocycles. The quantitative estimate of drug-likeness (QED) is 0.344. The fourth-order valence-corrected chi connectivity index (χ4v) is 3.00. The third-order valence-electron chi connectivity index (χ3n) is 4.34. The molecule has 2 rings (SSSR count). The second kappa shape index (κ2) is 10.1. The third-order valence-corrected chi connectivity index (χ3v) is 4.34. The zero-order valence-corrected chi connectivity index (χ0v) is 16.3. The van der Waals surface area contributed by atoms with E-state index in [4.69, 9.17) is 9.47 Å². The summed E-state index contributed by atoms with van der Waals surface area (Å²) in [5, 5.41) is 21.9. The van der Waals surface area contributed by atoms with Gasteiger partial charge in [0.2, 0.25) is 0 Å². The van der Waals surface area contributed by atoms with Crippen molar-refractivity contribution in [3.63, 3.8) is 0 Å². The molecule has 0 heterocycles. The molecule has 0 saturated carbocycles. The van der Waals surface area contributed by atoms with Crippen molar-refractivity contribution in [2.45, 2.75) is 25.7 Å². The summed E-state index contributed by atoms with van der Waals surface area (Å²) in [5.41, 5.74) is 0.277. The predicted octanol–water partition coefficient (Wildman–Crippen LogP) is 3.50. The number of ether oxygens (including phenoxy) is 2. The highest BCUT2D eigenvalue weighted by molar-refractivity contribution is 5.90. The molecule has 0 fully saturated rings. The summed E-state index contributed by atoms with van der Waals surface area (Å²) in [4.78, 5) is 46.3. The average molecular weight is 416 g/mol. The first-order valence-electron chi connectivity index (χ1n) is 9.12. The predicted molar refractivity (Wildman–Crippen MR) is 105 cm³/mol. The van der Waals surface area contributed by atoms with Crippen molar-refractivity contribution in [1.29, 1.82) is 0 Å². The summed E-state index contributed by atoms with van der Waals surface area (Å²) in [5.74, 6) is -3.76. The minimum atomic E-state index is -1.16. The van der Waals surface area contributed by atoms with Gasteiger partial charge in [0.25, 0.3) is 11.4 Å². The van der Waals surface area contributed by atoms with Crippen LogP contribution >= 0.6 is 0 Å². The Morgan fingerprint density at radius 3 is 1.27 bits per heavy atom. The molecule has 0 aliphatic heterocycles. The zero-order chi connectivity index (χ0) is 22.3. The molecule has 0 spiro atoms. The molecule has 2 atom stereocenters. The average Bonchev–Trinajstić information content (AvgIpc) is 2.72. The fraction of sp³-hybridized carbons (Fsp3) is 0.300. The van der Waals surface area contributed by atoms with Gasteiger partial charge in [-0.05, 0) is 25.0 Å². The van der Waals surface area contributed by atoms with Gasteiger partial charge < -0.3 is 9.47 Å². The Labute approximate surface area is 171 Å². The number of hydrogen-bond donors (Lipinski definition) is 0. The molecular formula is C20H20N2O8. The van der Waals surface area contributed by atoms with Gasteiger partial charge in [-0.25, -0.2) is 0 Å². The van der Waals surface area contributed by atoms with E-state index in [-0.39, 0.29) is 24.6 Å². The lowest BCUT2D eigenvalue weighted by atomic mass is 9.81. The highest BCUT2D eigenvalue weighted by atomic mass is 16.6. The van der Waals surface area contributed by atoms with Gasteiger partial charge in [0.05, 0.1) is 34.9 Å². The van der Waals surface area contributed by atoms with Crippen LogP contribution in [0, 0.1) is 20.2 Å². The first-order chi connectivity index (χ1) is 14.3. The molecule has 158 valence electrons. The Kier molecular flexibility index (Phi) is 7.56. The number of nitro groups is 2. The van der Waals surface area contributed by atoms with E-state index in [1.807, 2.05) is 0 Å². The van der Waals surface area contributed by atoms with Crippen LogP contribution in [-0.4, -0.2) is 35.0 Å². The molecule has 0 bridgehead atoms. The number of non-ortho nitro benzene ring substituents is 2. The topological polar surface area (TPSA) is 139 Å². The molecule has 0 N–H and O–H groups in total. The minimum absolute atomic E-state index is 0.0537. The molecule has 2 aromatic carbocycles. The van der Waals surface area contributed by atoms with E-state index in [1.54, 1.807) is 13.8 Å². The van der Waals surface area contributed by atoms with E-state index in [0.29, 0.717) is 11.1 Å². The standard InChI is InChI=1S/C20H20N2O8/c1-3-29-19(23)17(13-5-9-15(10-6-13)21(25)26)18(20(24)30-4-2)14-7-11-16(12-8-14)22(27)28/h5-12,17-18H,3-4H2,1-2H3/t17-,18-/m1/s1. The summed E-state index contributed by atoms with van der Waals surface area (Å²) >= 11 is 0. The Hall–Kier alpha value is -3.82. The maximum absolute atomic E-state index is 12.8. The van der Waals surface area contributed by atoms with Crippen LogP contribution in [0.2, 0.25) is 0 Å². The Bertz CT molecular complexity index is 847. The van der Waals surface area contributed by atoms with Crippen LogP contribution in [0.15, 0.2) is 48.5 Å². The zero-order valence-electron chi connectivity index (χ0n) is 16.3. The maximum atomic E-state index is 12.8. The molecule has 0 radical (unpaired) electrons. The number of hydrogen-bond acceptors (Lipinski definition) is 8. The van der Waals surface area contributed by atoms with Crippen molar-refractivity contribution >= 4 is 23.3 Å². The van der Waals surface area contributed by atoms with Crippen LogP contribution < -0.4 is 0 Å². The van der Waals surface area contributed by atoms with Crippen molar-refractivity contribution in [2.24, 2.45) is 0 Å². The van der Waals surface area contributed by atoms with E-state index in [1.165, 1.54) is 48.5 Å². The van der Waals surface area contributed by atoms with E-state index in [9.17, 15) is 29.8 Å². The van der Waals surface area contributed by atoms with E-state index in [0.717, 1.165) is 0 Å². The summed E-state index contributed by atoms with van der Waals surface area (Å²) in [6.45, 7) is 3.32. The monoisotopic (exact) mass is 416 g/mol. The van der Waals surface area contributed by atoms with Gasteiger partial charge in [-0.2, -0.15) is 0 Å². The SMILES string of the molecule is CCOC(=O)[C@H](c1ccc([N+](=O)[O-])cc1)[C@H](C(=O)OCC)c1ccc([N+](=O)[O-])cc1. The number of carbonyl (C=O) groups excluding carboxylic acids is 2. The van der Waals surface area contributed by atoms with Crippen LogP contribution in [0.5, 0.6) is 0 Å². The van der Waals surface area contributed by atoms with Crippen molar-refractivity contribution in [1.82, 2.24) is 0 Å². The van der Waals surface area contributed by atoms with E-state index >= 15 is 0 Å². The Balaban J connectivity index is 2.59. The van der Waals surface area contributed by atoms with Crippen LogP contribution in [-0.2, 0) is 19.1 Å². The lowest BCUT2D eigenvalue weighted by Gasteiger charge is -2.25. The summed E-state index contributed by atoms with van der Waals surface area (Å²) < 4.78 is 10.3. The number of nitrogens with zero attached hydrogens (tertiary/aromatic N) is 2. The van der Waals surface area contributed by atoms with Crippen molar-refractivity contribution in [3.05, 3.63) is 79.9 Å². The molecule has 0 unspecified atom stereocenters. The van der Waals surface area contributed by atoms with Gasteiger partial charge in [-0.15, -0.1) is 0 Å². The van der Waals surface area contributed by atoms with Crippen LogP contribution in [0.25, 0.3) is 0 Å². The molecule has 0 aromatic heterocycles. The third kappa shape index (κ3) is 5.16. The smallest absolute Gasteiger partial charge is 0.314 e. The Morgan fingerprint density at radius 1 is 0.733 bits per heavy atom. The van der Waals surface area contributed by atoms with Gasteiger partial charge in [-0.3, -0.25) is 29.8 Å². The van der Waals surface area contributed by atoms with Crippen molar-refractivity contribution in [3.8, 4) is 0 Å². The minimum Gasteiger partial charge on any atom is -0.465 e. The van der Waals surface area contributed by atoms with Crippen molar-refractivity contribution < 1.29 is 28.9 Å². The molecule has 0 aliphatic rings. The second-order valence-corrected chi connectivity index (χ2v) is 6.16. The molecule has 2 aromatic rings. The normalized spacial score (nSPS) is 12.5. The number of nitro benzene ring substituents is 2. The number of carbonyl (C=O) groups is 2. The summed E-state index contributed by atoms with van der Waals surface area (Å²) in [6, 6.07) is 10.4. The summed E-state index contributed by atoms with van der Waals surface area (Å²) in [7, 11) is 0. The highest BCUT2D eigenvalue weighted by Gasteiger charge is 2.39. The summed E-state index contributed by atoms with van der Waals surface area (Å²) in [6.07, 6.45) is 0. The van der Waals surface area contributed by atoms with Gasteiger partial charge in [0.15, 0.2) is 0 Å². The first kappa shape index (κ1) is 22.5.